The van der Waals surface area contributed by atoms with Gasteiger partial charge in [-0.3, -0.25) is 4.79 Å². The molecule has 0 spiro atoms. The van der Waals surface area contributed by atoms with Crippen LogP contribution in [0.2, 0.25) is 15.1 Å². The van der Waals surface area contributed by atoms with Crippen LogP contribution in [0.1, 0.15) is 5.56 Å². The quantitative estimate of drug-likeness (QED) is 0.864. The van der Waals surface area contributed by atoms with Crippen LogP contribution in [0.5, 0.6) is 0 Å². The molecule has 0 saturated heterocycles. The normalized spacial score (nSPS) is 10.3. The number of anilines is 1. The average Bonchev–Trinajstić information content (AvgIpc) is 2.37. The monoisotopic (exact) mass is 313 g/mol. The molecular formula is C14H10Cl3NO. The Bertz CT molecular complexity index is 596. The molecule has 0 heterocycles. The maximum atomic E-state index is 11.8. The predicted octanol–water partition coefficient (Wildman–Crippen LogP) is 4.83. The molecule has 0 unspecified atom stereocenters. The van der Waals surface area contributed by atoms with Crippen LogP contribution in [0.15, 0.2) is 42.5 Å². The van der Waals surface area contributed by atoms with Gasteiger partial charge in [-0.25, -0.2) is 0 Å². The highest BCUT2D eigenvalue weighted by molar-refractivity contribution is 6.42. The number of benzene rings is 2. The van der Waals surface area contributed by atoms with E-state index in [1.807, 2.05) is 0 Å². The van der Waals surface area contributed by atoms with Crippen molar-refractivity contribution in [1.29, 1.82) is 0 Å². The number of hydrogen-bond donors (Lipinski definition) is 1. The van der Waals surface area contributed by atoms with Crippen LogP contribution in [0.25, 0.3) is 0 Å². The summed E-state index contributed by atoms with van der Waals surface area (Å²) < 4.78 is 0. The Hall–Kier alpha value is -1.22. The zero-order valence-electron chi connectivity index (χ0n) is 9.79. The summed E-state index contributed by atoms with van der Waals surface area (Å²) >= 11 is 17.5. The Morgan fingerprint density at radius 2 is 1.63 bits per heavy atom. The summed E-state index contributed by atoms with van der Waals surface area (Å²) in [5.74, 6) is -0.124. The Kier molecular flexibility index (Phi) is 4.70. The number of carbonyl (C=O) groups excluding carboxylic acids is 1. The van der Waals surface area contributed by atoms with Gasteiger partial charge in [0.2, 0.25) is 5.91 Å². The van der Waals surface area contributed by atoms with Crippen LogP contribution in [0, 0.1) is 0 Å². The van der Waals surface area contributed by atoms with Gasteiger partial charge in [0.05, 0.1) is 16.5 Å². The Morgan fingerprint density at radius 1 is 0.947 bits per heavy atom. The van der Waals surface area contributed by atoms with E-state index in [9.17, 15) is 4.79 Å². The van der Waals surface area contributed by atoms with Crippen LogP contribution in [-0.4, -0.2) is 5.91 Å². The molecule has 98 valence electrons. The highest BCUT2D eigenvalue weighted by atomic mass is 35.5. The van der Waals surface area contributed by atoms with Crippen molar-refractivity contribution in [3.05, 3.63) is 63.1 Å². The lowest BCUT2D eigenvalue weighted by atomic mass is 10.1. The topological polar surface area (TPSA) is 29.1 Å². The number of nitrogens with one attached hydrogen (secondary N) is 1. The standard InChI is InChI=1S/C14H10Cl3NO/c15-10-2-4-11(5-3-10)18-14(19)8-9-1-6-12(16)13(17)7-9/h1-7H,8H2,(H,18,19). The van der Waals surface area contributed by atoms with Gasteiger partial charge in [-0.1, -0.05) is 40.9 Å². The molecule has 0 atom stereocenters. The molecule has 0 saturated carbocycles. The molecule has 2 aromatic rings. The third-order valence-corrected chi connectivity index (χ3v) is 3.47. The summed E-state index contributed by atoms with van der Waals surface area (Å²) in [5.41, 5.74) is 1.51. The second kappa shape index (κ2) is 6.29. The first-order valence-electron chi connectivity index (χ1n) is 5.54. The summed E-state index contributed by atoms with van der Waals surface area (Å²) in [6, 6.07) is 12.1. The lowest BCUT2D eigenvalue weighted by Crippen LogP contribution is -2.14. The molecule has 2 rings (SSSR count). The number of rotatable bonds is 3. The van der Waals surface area contributed by atoms with Gasteiger partial charge >= 0.3 is 0 Å². The SMILES string of the molecule is O=C(Cc1ccc(Cl)c(Cl)c1)Nc1ccc(Cl)cc1. The van der Waals surface area contributed by atoms with Gasteiger partial charge in [-0.15, -0.1) is 0 Å². The van der Waals surface area contributed by atoms with E-state index in [4.69, 9.17) is 34.8 Å². The Morgan fingerprint density at radius 3 is 2.26 bits per heavy atom. The molecule has 0 bridgehead atoms. The molecule has 1 amide bonds. The van der Waals surface area contributed by atoms with Gasteiger partial charge in [0, 0.05) is 10.7 Å². The molecule has 1 N–H and O–H groups in total. The van der Waals surface area contributed by atoms with E-state index >= 15 is 0 Å². The van der Waals surface area contributed by atoms with Crippen LogP contribution in [0.4, 0.5) is 5.69 Å². The van der Waals surface area contributed by atoms with E-state index in [1.54, 1.807) is 42.5 Å². The second-order valence-corrected chi connectivity index (χ2v) is 5.23. The first kappa shape index (κ1) is 14.2. The van der Waals surface area contributed by atoms with Crippen molar-refractivity contribution in [2.75, 3.05) is 5.32 Å². The highest BCUT2D eigenvalue weighted by Gasteiger charge is 2.06. The van der Waals surface area contributed by atoms with Crippen molar-refractivity contribution in [2.45, 2.75) is 6.42 Å². The molecule has 5 heteroatoms. The third kappa shape index (κ3) is 4.13. The first-order chi connectivity index (χ1) is 9.04. The summed E-state index contributed by atoms with van der Waals surface area (Å²) in [5, 5.41) is 4.32. The molecule has 2 aromatic carbocycles. The lowest BCUT2D eigenvalue weighted by Gasteiger charge is -2.06. The van der Waals surface area contributed by atoms with E-state index in [0.717, 1.165) is 5.56 Å². The van der Waals surface area contributed by atoms with Gasteiger partial charge in [-0.05, 0) is 42.0 Å². The predicted molar refractivity (Wildman–Crippen MR) is 80.2 cm³/mol. The van der Waals surface area contributed by atoms with Gasteiger partial charge in [0.25, 0.3) is 0 Å². The first-order valence-corrected chi connectivity index (χ1v) is 6.67. The maximum absolute atomic E-state index is 11.8. The Labute approximate surface area is 126 Å². The minimum absolute atomic E-state index is 0.124. The summed E-state index contributed by atoms with van der Waals surface area (Å²) in [7, 11) is 0. The van der Waals surface area contributed by atoms with E-state index in [2.05, 4.69) is 5.32 Å². The minimum atomic E-state index is -0.124. The van der Waals surface area contributed by atoms with E-state index < -0.39 is 0 Å². The number of amides is 1. The van der Waals surface area contributed by atoms with Crippen molar-refractivity contribution >= 4 is 46.4 Å². The molecule has 0 radical (unpaired) electrons. The van der Waals surface area contributed by atoms with Crippen LogP contribution in [0.3, 0.4) is 0 Å². The van der Waals surface area contributed by atoms with Crippen molar-refractivity contribution in [2.24, 2.45) is 0 Å². The molecule has 0 aliphatic carbocycles. The molecule has 0 aliphatic heterocycles. The van der Waals surface area contributed by atoms with Gasteiger partial charge < -0.3 is 5.32 Å². The molecule has 0 fully saturated rings. The number of hydrogen-bond acceptors (Lipinski definition) is 1. The van der Waals surface area contributed by atoms with Gasteiger partial charge in [-0.2, -0.15) is 0 Å². The Balaban J connectivity index is 2.01. The second-order valence-electron chi connectivity index (χ2n) is 3.98. The number of carbonyl (C=O) groups is 1. The molecule has 0 aliphatic rings. The van der Waals surface area contributed by atoms with E-state index in [0.29, 0.717) is 20.8 Å². The van der Waals surface area contributed by atoms with Crippen molar-refractivity contribution < 1.29 is 4.79 Å². The summed E-state index contributed by atoms with van der Waals surface area (Å²) in [6.07, 6.45) is 0.236. The van der Waals surface area contributed by atoms with E-state index in [-0.39, 0.29) is 12.3 Å². The lowest BCUT2D eigenvalue weighted by molar-refractivity contribution is -0.115. The molecule has 2 nitrogen and oxygen atoms in total. The van der Waals surface area contributed by atoms with Crippen LogP contribution in [-0.2, 0) is 11.2 Å². The van der Waals surface area contributed by atoms with Crippen LogP contribution >= 0.6 is 34.8 Å². The fraction of sp³-hybridized carbons (Fsp3) is 0.0714. The average molecular weight is 315 g/mol. The number of halogens is 3. The van der Waals surface area contributed by atoms with Crippen LogP contribution < -0.4 is 5.32 Å². The van der Waals surface area contributed by atoms with Gasteiger partial charge in [0.1, 0.15) is 0 Å². The molecule has 0 aromatic heterocycles. The van der Waals surface area contributed by atoms with E-state index in [1.165, 1.54) is 0 Å². The third-order valence-electron chi connectivity index (χ3n) is 2.48. The largest absolute Gasteiger partial charge is 0.326 e. The van der Waals surface area contributed by atoms with Crippen molar-refractivity contribution in [3.63, 3.8) is 0 Å². The maximum Gasteiger partial charge on any atom is 0.228 e. The van der Waals surface area contributed by atoms with Gasteiger partial charge in [0.15, 0.2) is 0 Å². The zero-order valence-corrected chi connectivity index (χ0v) is 12.1. The van der Waals surface area contributed by atoms with Crippen molar-refractivity contribution in [3.8, 4) is 0 Å². The molecular weight excluding hydrogens is 305 g/mol. The molecule has 19 heavy (non-hydrogen) atoms. The minimum Gasteiger partial charge on any atom is -0.326 e. The smallest absolute Gasteiger partial charge is 0.228 e. The zero-order chi connectivity index (χ0) is 13.8. The highest BCUT2D eigenvalue weighted by Crippen LogP contribution is 2.23. The fourth-order valence-electron chi connectivity index (χ4n) is 1.57. The van der Waals surface area contributed by atoms with Crippen molar-refractivity contribution in [1.82, 2.24) is 0 Å². The summed E-state index contributed by atoms with van der Waals surface area (Å²) in [6.45, 7) is 0. The summed E-state index contributed by atoms with van der Waals surface area (Å²) in [4.78, 5) is 11.8. The fourth-order valence-corrected chi connectivity index (χ4v) is 2.02.